The highest BCUT2D eigenvalue weighted by Crippen LogP contribution is 2.31. The zero-order valence-corrected chi connectivity index (χ0v) is 23.7. The number of sulfonamides is 2. The Morgan fingerprint density at radius 1 is 0.825 bits per heavy atom. The van der Waals surface area contributed by atoms with E-state index in [2.05, 4.69) is 14.7 Å². The molecule has 2 aromatic carbocycles. The number of hydrogen-bond acceptors (Lipinski definition) is 10. The SMILES string of the molecule is COc1ccccc1S(=O)(=O)N1CCN(c2cnc3ccc(-c4cnc(OC)c(NS(C)(=O)=O)c4)cc3n2)CC1. The largest absolute Gasteiger partial charge is 0.495 e. The summed E-state index contributed by atoms with van der Waals surface area (Å²) >= 11 is 0. The van der Waals surface area contributed by atoms with Gasteiger partial charge in [0.2, 0.25) is 25.9 Å². The molecule has 0 spiro atoms. The summed E-state index contributed by atoms with van der Waals surface area (Å²) in [5.41, 5.74) is 2.96. The van der Waals surface area contributed by atoms with Crippen molar-refractivity contribution in [3.8, 4) is 22.8 Å². The summed E-state index contributed by atoms with van der Waals surface area (Å²) in [4.78, 5) is 15.7. The molecule has 0 atom stereocenters. The van der Waals surface area contributed by atoms with Crippen molar-refractivity contribution in [1.29, 1.82) is 0 Å². The first-order valence-corrected chi connectivity index (χ1v) is 15.6. The van der Waals surface area contributed by atoms with Gasteiger partial charge in [0.25, 0.3) is 0 Å². The summed E-state index contributed by atoms with van der Waals surface area (Å²) in [5.74, 6) is 1.10. The summed E-state index contributed by atoms with van der Waals surface area (Å²) < 4.78 is 64.4. The minimum absolute atomic E-state index is 0.145. The molecule has 1 fully saturated rings. The third-order valence-corrected chi connectivity index (χ3v) is 8.98. The first-order chi connectivity index (χ1) is 19.1. The second kappa shape index (κ2) is 10.9. The average Bonchev–Trinajstić information content (AvgIpc) is 2.95. The number of piperazine rings is 1. The van der Waals surface area contributed by atoms with Crippen molar-refractivity contribution in [1.82, 2.24) is 19.3 Å². The number of ether oxygens (including phenoxy) is 2. The van der Waals surface area contributed by atoms with Gasteiger partial charge in [-0.2, -0.15) is 4.31 Å². The van der Waals surface area contributed by atoms with Crippen LogP contribution in [0.15, 0.2) is 65.8 Å². The van der Waals surface area contributed by atoms with Crippen molar-refractivity contribution < 1.29 is 26.3 Å². The molecule has 2 aromatic heterocycles. The van der Waals surface area contributed by atoms with E-state index in [4.69, 9.17) is 14.5 Å². The highest BCUT2D eigenvalue weighted by atomic mass is 32.2. The smallest absolute Gasteiger partial charge is 0.246 e. The number of nitrogens with zero attached hydrogens (tertiary/aromatic N) is 5. The third-order valence-electron chi connectivity index (χ3n) is 6.45. The normalized spacial score (nSPS) is 14.7. The maximum Gasteiger partial charge on any atom is 0.246 e. The zero-order valence-electron chi connectivity index (χ0n) is 22.1. The molecular formula is C26H28N6O6S2. The van der Waals surface area contributed by atoms with E-state index < -0.39 is 20.0 Å². The van der Waals surface area contributed by atoms with Crippen LogP contribution in [-0.4, -0.2) is 82.7 Å². The van der Waals surface area contributed by atoms with Crippen LogP contribution in [0.25, 0.3) is 22.2 Å². The summed E-state index contributed by atoms with van der Waals surface area (Å²) in [5, 5.41) is 0. The predicted molar refractivity (Wildman–Crippen MR) is 152 cm³/mol. The Bertz CT molecular complexity index is 1770. The molecule has 5 rings (SSSR count). The van der Waals surface area contributed by atoms with Gasteiger partial charge in [-0.3, -0.25) is 9.71 Å². The van der Waals surface area contributed by atoms with Crippen LogP contribution in [0.4, 0.5) is 11.5 Å². The molecule has 1 N–H and O–H groups in total. The van der Waals surface area contributed by atoms with Crippen molar-refractivity contribution in [2.75, 3.05) is 56.3 Å². The van der Waals surface area contributed by atoms with Gasteiger partial charge in [0.05, 0.1) is 37.7 Å². The van der Waals surface area contributed by atoms with E-state index >= 15 is 0 Å². The van der Waals surface area contributed by atoms with Crippen LogP contribution in [0.3, 0.4) is 0 Å². The van der Waals surface area contributed by atoms with Gasteiger partial charge in [0.15, 0.2) is 0 Å². The molecule has 0 aliphatic carbocycles. The van der Waals surface area contributed by atoms with Gasteiger partial charge >= 0.3 is 0 Å². The molecule has 0 amide bonds. The lowest BCUT2D eigenvalue weighted by Gasteiger charge is -2.34. The van der Waals surface area contributed by atoms with Crippen molar-refractivity contribution in [3.05, 3.63) is 60.9 Å². The molecular weight excluding hydrogens is 556 g/mol. The number of nitrogens with one attached hydrogen (secondary N) is 1. The van der Waals surface area contributed by atoms with Gasteiger partial charge in [-0.1, -0.05) is 18.2 Å². The Labute approximate surface area is 232 Å². The first kappa shape index (κ1) is 27.6. The number of methoxy groups -OCH3 is 2. The number of hydrogen-bond donors (Lipinski definition) is 1. The maximum absolute atomic E-state index is 13.2. The van der Waals surface area contributed by atoms with E-state index in [1.807, 2.05) is 23.1 Å². The van der Waals surface area contributed by atoms with Gasteiger partial charge in [0, 0.05) is 37.9 Å². The highest BCUT2D eigenvalue weighted by Gasteiger charge is 2.31. The van der Waals surface area contributed by atoms with Crippen LogP contribution in [0.5, 0.6) is 11.6 Å². The zero-order chi connectivity index (χ0) is 28.5. The van der Waals surface area contributed by atoms with Crippen LogP contribution in [0.1, 0.15) is 0 Å². The number of rotatable bonds is 8. The standard InChI is InChI=1S/C26H28N6O6S2/c1-37-23-6-4-5-7-24(23)40(35,36)32-12-10-31(11-13-32)25-17-27-20-9-8-18(14-21(20)29-25)19-15-22(30-39(3,33)34)26(38-2)28-16-19/h4-9,14-17,30H,10-13H2,1-3H3. The minimum atomic E-state index is -3.71. The predicted octanol–water partition coefficient (Wildman–Crippen LogP) is 2.59. The lowest BCUT2D eigenvalue weighted by molar-refractivity contribution is 0.373. The monoisotopic (exact) mass is 584 g/mol. The van der Waals surface area contributed by atoms with E-state index in [9.17, 15) is 16.8 Å². The van der Waals surface area contributed by atoms with Gasteiger partial charge < -0.3 is 14.4 Å². The molecule has 14 heteroatoms. The van der Waals surface area contributed by atoms with Crippen LogP contribution >= 0.6 is 0 Å². The summed E-state index contributed by atoms with van der Waals surface area (Å²) in [6.07, 6.45) is 4.32. The number of benzene rings is 2. The molecule has 0 saturated carbocycles. The van der Waals surface area contributed by atoms with Gasteiger partial charge in [-0.15, -0.1) is 0 Å². The molecule has 210 valence electrons. The van der Waals surface area contributed by atoms with Crippen molar-refractivity contribution in [2.24, 2.45) is 0 Å². The quantitative estimate of drug-likeness (QED) is 0.328. The molecule has 12 nitrogen and oxygen atoms in total. The van der Waals surface area contributed by atoms with Crippen LogP contribution in [0.2, 0.25) is 0 Å². The number of fused-ring (bicyclic) bond motifs is 1. The molecule has 4 aromatic rings. The van der Waals surface area contributed by atoms with Crippen LogP contribution in [-0.2, 0) is 20.0 Å². The van der Waals surface area contributed by atoms with Crippen LogP contribution in [0, 0.1) is 0 Å². The van der Waals surface area contributed by atoms with E-state index in [1.165, 1.54) is 18.5 Å². The Morgan fingerprint density at radius 3 is 2.27 bits per heavy atom. The second-order valence-electron chi connectivity index (χ2n) is 9.13. The average molecular weight is 585 g/mol. The van der Waals surface area contributed by atoms with Crippen LogP contribution < -0.4 is 19.1 Å². The summed E-state index contributed by atoms with van der Waals surface area (Å²) in [6, 6.07) is 13.8. The Kier molecular flexibility index (Phi) is 7.49. The molecule has 40 heavy (non-hydrogen) atoms. The van der Waals surface area contributed by atoms with Crippen molar-refractivity contribution >= 4 is 42.6 Å². The topological polar surface area (TPSA) is 144 Å². The fourth-order valence-corrected chi connectivity index (χ4v) is 6.63. The summed E-state index contributed by atoms with van der Waals surface area (Å²) in [6.45, 7) is 1.45. The minimum Gasteiger partial charge on any atom is -0.495 e. The van der Waals surface area contributed by atoms with Crippen molar-refractivity contribution in [2.45, 2.75) is 4.90 Å². The Balaban J connectivity index is 1.37. The highest BCUT2D eigenvalue weighted by molar-refractivity contribution is 7.92. The molecule has 3 heterocycles. The molecule has 0 unspecified atom stereocenters. The second-order valence-corrected chi connectivity index (χ2v) is 12.8. The van der Waals surface area contributed by atoms with E-state index in [-0.39, 0.29) is 29.6 Å². The lowest BCUT2D eigenvalue weighted by atomic mass is 10.1. The Morgan fingerprint density at radius 2 is 1.57 bits per heavy atom. The van der Waals surface area contributed by atoms with Gasteiger partial charge in [-0.25, -0.2) is 26.8 Å². The molecule has 1 aliphatic rings. The van der Waals surface area contributed by atoms with E-state index in [0.29, 0.717) is 41.3 Å². The summed E-state index contributed by atoms with van der Waals surface area (Å²) in [7, 11) is -4.39. The number of aromatic nitrogens is 3. The van der Waals surface area contributed by atoms with Gasteiger partial charge in [0.1, 0.15) is 22.2 Å². The third kappa shape index (κ3) is 5.64. The molecule has 1 saturated heterocycles. The van der Waals surface area contributed by atoms with Gasteiger partial charge in [-0.05, 0) is 35.9 Å². The number of para-hydroxylation sites is 1. The molecule has 0 bridgehead atoms. The fourth-order valence-electron chi connectivity index (χ4n) is 4.51. The maximum atomic E-state index is 13.2. The van der Waals surface area contributed by atoms with E-state index in [1.54, 1.807) is 42.7 Å². The Hall–Kier alpha value is -4.01. The lowest BCUT2D eigenvalue weighted by Crippen LogP contribution is -2.49. The number of anilines is 2. The number of pyridine rings is 1. The molecule has 1 aliphatic heterocycles. The molecule has 0 radical (unpaired) electrons. The first-order valence-electron chi connectivity index (χ1n) is 12.3. The van der Waals surface area contributed by atoms with E-state index in [0.717, 1.165) is 11.8 Å². The fraction of sp³-hybridized carbons (Fsp3) is 0.269. The van der Waals surface area contributed by atoms with Crippen molar-refractivity contribution in [3.63, 3.8) is 0 Å².